The Morgan fingerprint density at radius 2 is 1.95 bits per heavy atom. The number of halogens is 2. The molecule has 1 aliphatic heterocycles. The molecular weight excluding hydrogens is 283 g/mol. The number of hydrogen-bond acceptors (Lipinski definition) is 3. The van der Waals surface area contributed by atoms with E-state index >= 15 is 0 Å². The summed E-state index contributed by atoms with van der Waals surface area (Å²) in [6.07, 6.45) is 0. The number of nitrogens with zero attached hydrogens (tertiary/aromatic N) is 1. The van der Waals surface area contributed by atoms with Gasteiger partial charge in [-0.3, -0.25) is 4.79 Å². The molecule has 1 fully saturated rings. The summed E-state index contributed by atoms with van der Waals surface area (Å²) in [6.45, 7) is 5.40. The van der Waals surface area contributed by atoms with Crippen molar-refractivity contribution in [2.75, 3.05) is 20.2 Å². The smallest absolute Gasteiger partial charge is 0.254 e. The molecule has 1 amide bonds. The van der Waals surface area contributed by atoms with Crippen LogP contribution in [0.3, 0.4) is 0 Å². The average molecular weight is 303 g/mol. The minimum absolute atomic E-state index is 0. The van der Waals surface area contributed by atoms with Gasteiger partial charge in [0.1, 0.15) is 0 Å². The second kappa shape index (κ2) is 6.90. The third-order valence-electron chi connectivity index (χ3n) is 3.24. The van der Waals surface area contributed by atoms with Crippen molar-refractivity contribution < 1.29 is 13.9 Å². The van der Waals surface area contributed by atoms with Crippen LogP contribution in [0.5, 0.6) is 5.75 Å². The van der Waals surface area contributed by atoms with Crippen LogP contribution in [-0.2, 0) is 0 Å². The van der Waals surface area contributed by atoms with Gasteiger partial charge in [-0.15, -0.1) is 12.4 Å². The van der Waals surface area contributed by atoms with Crippen LogP contribution in [0, 0.1) is 5.82 Å². The molecule has 1 N–H and O–H groups in total. The Balaban J connectivity index is 0.00000200. The molecule has 1 saturated heterocycles. The van der Waals surface area contributed by atoms with Gasteiger partial charge < -0.3 is 15.0 Å². The number of amides is 1. The molecule has 6 heteroatoms. The lowest BCUT2D eigenvalue weighted by molar-refractivity contribution is 0.0673. The number of benzene rings is 1. The topological polar surface area (TPSA) is 41.6 Å². The summed E-state index contributed by atoms with van der Waals surface area (Å²) >= 11 is 0. The molecule has 1 aromatic rings. The van der Waals surface area contributed by atoms with Crippen LogP contribution in [0.4, 0.5) is 4.39 Å². The van der Waals surface area contributed by atoms with Crippen LogP contribution in [0.2, 0.25) is 0 Å². The molecule has 0 aromatic heterocycles. The van der Waals surface area contributed by atoms with Crippen LogP contribution < -0.4 is 10.1 Å². The van der Waals surface area contributed by atoms with Gasteiger partial charge in [0.2, 0.25) is 0 Å². The zero-order valence-electron chi connectivity index (χ0n) is 11.9. The average Bonchev–Trinajstić information content (AvgIpc) is 2.37. The highest BCUT2D eigenvalue weighted by Crippen LogP contribution is 2.20. The Hall–Kier alpha value is -1.33. The van der Waals surface area contributed by atoms with Crippen LogP contribution in [-0.4, -0.2) is 43.1 Å². The van der Waals surface area contributed by atoms with E-state index in [2.05, 4.69) is 5.32 Å². The second-order valence-corrected chi connectivity index (χ2v) is 5.03. The largest absolute Gasteiger partial charge is 0.494 e. The Kier molecular flexibility index (Phi) is 5.77. The predicted molar refractivity (Wildman–Crippen MR) is 78.2 cm³/mol. The Bertz CT molecular complexity index is 474. The number of piperazine rings is 1. The molecule has 2 unspecified atom stereocenters. The summed E-state index contributed by atoms with van der Waals surface area (Å²) in [7, 11) is 1.39. The Labute approximate surface area is 124 Å². The maximum atomic E-state index is 13.3. The monoisotopic (exact) mass is 302 g/mol. The van der Waals surface area contributed by atoms with Crippen LogP contribution in [0.15, 0.2) is 18.2 Å². The molecule has 4 nitrogen and oxygen atoms in total. The molecule has 20 heavy (non-hydrogen) atoms. The van der Waals surface area contributed by atoms with Crippen molar-refractivity contribution in [3.05, 3.63) is 29.6 Å². The number of rotatable bonds is 2. The van der Waals surface area contributed by atoms with Gasteiger partial charge in [-0.2, -0.15) is 0 Å². The Morgan fingerprint density at radius 3 is 2.50 bits per heavy atom. The van der Waals surface area contributed by atoms with Crippen LogP contribution >= 0.6 is 12.4 Å². The maximum Gasteiger partial charge on any atom is 0.254 e. The molecule has 1 aromatic carbocycles. The van der Waals surface area contributed by atoms with E-state index in [-0.39, 0.29) is 36.1 Å². The molecule has 1 heterocycles. The van der Waals surface area contributed by atoms with E-state index in [9.17, 15) is 9.18 Å². The van der Waals surface area contributed by atoms with Gasteiger partial charge in [-0.25, -0.2) is 4.39 Å². The van der Waals surface area contributed by atoms with Crippen molar-refractivity contribution in [1.82, 2.24) is 10.2 Å². The number of hydrogen-bond donors (Lipinski definition) is 1. The summed E-state index contributed by atoms with van der Waals surface area (Å²) < 4.78 is 18.2. The van der Waals surface area contributed by atoms with Crippen LogP contribution in [0.1, 0.15) is 24.2 Å². The number of carbonyl (C=O) groups is 1. The normalized spacial score (nSPS) is 22.1. The van der Waals surface area contributed by atoms with E-state index in [0.29, 0.717) is 18.7 Å². The van der Waals surface area contributed by atoms with Crippen LogP contribution in [0.25, 0.3) is 0 Å². The third-order valence-corrected chi connectivity index (χ3v) is 3.24. The minimum atomic E-state index is -0.457. The van der Waals surface area contributed by atoms with Crippen molar-refractivity contribution in [3.63, 3.8) is 0 Å². The van der Waals surface area contributed by atoms with Crippen molar-refractivity contribution in [3.8, 4) is 5.75 Å². The first-order valence-electron chi connectivity index (χ1n) is 6.40. The lowest BCUT2D eigenvalue weighted by atomic mass is 10.1. The van der Waals surface area contributed by atoms with Gasteiger partial charge >= 0.3 is 0 Å². The zero-order chi connectivity index (χ0) is 14.0. The molecule has 0 radical (unpaired) electrons. The number of ether oxygens (including phenoxy) is 1. The molecule has 2 rings (SSSR count). The van der Waals surface area contributed by atoms with Gasteiger partial charge in [0.05, 0.1) is 7.11 Å². The fourth-order valence-corrected chi connectivity index (χ4v) is 2.47. The van der Waals surface area contributed by atoms with Crippen molar-refractivity contribution in [2.45, 2.75) is 25.9 Å². The minimum Gasteiger partial charge on any atom is -0.494 e. The van der Waals surface area contributed by atoms with Gasteiger partial charge in [-0.05, 0) is 32.0 Å². The van der Waals surface area contributed by atoms with Crippen molar-refractivity contribution in [2.24, 2.45) is 0 Å². The SMILES string of the molecule is COc1cc(C(=O)N2CC(C)NC(C)C2)ccc1F.Cl. The van der Waals surface area contributed by atoms with E-state index in [1.807, 2.05) is 13.8 Å². The van der Waals surface area contributed by atoms with E-state index in [4.69, 9.17) is 4.74 Å². The Morgan fingerprint density at radius 1 is 1.35 bits per heavy atom. The summed E-state index contributed by atoms with van der Waals surface area (Å²) in [5, 5.41) is 3.37. The first-order valence-corrected chi connectivity index (χ1v) is 6.40. The summed E-state index contributed by atoms with van der Waals surface area (Å²) in [4.78, 5) is 14.2. The zero-order valence-corrected chi connectivity index (χ0v) is 12.7. The summed E-state index contributed by atoms with van der Waals surface area (Å²) in [5.41, 5.74) is 0.458. The summed E-state index contributed by atoms with van der Waals surface area (Å²) in [5.74, 6) is -0.443. The molecular formula is C14H20ClFN2O2. The van der Waals surface area contributed by atoms with E-state index in [1.165, 1.54) is 25.3 Å². The maximum absolute atomic E-state index is 13.3. The number of nitrogens with one attached hydrogen (secondary N) is 1. The molecule has 0 saturated carbocycles. The van der Waals surface area contributed by atoms with E-state index < -0.39 is 5.82 Å². The molecule has 0 aliphatic carbocycles. The first-order chi connectivity index (χ1) is 9.01. The van der Waals surface area contributed by atoms with Gasteiger partial charge in [0.25, 0.3) is 5.91 Å². The molecule has 112 valence electrons. The highest BCUT2D eigenvalue weighted by Gasteiger charge is 2.25. The molecule has 0 spiro atoms. The van der Waals surface area contributed by atoms with Gasteiger partial charge in [-0.1, -0.05) is 0 Å². The van der Waals surface area contributed by atoms with E-state index in [0.717, 1.165) is 0 Å². The number of carbonyl (C=O) groups excluding carboxylic acids is 1. The fourth-order valence-electron chi connectivity index (χ4n) is 2.47. The number of methoxy groups -OCH3 is 1. The molecule has 1 aliphatic rings. The first kappa shape index (κ1) is 16.7. The highest BCUT2D eigenvalue weighted by atomic mass is 35.5. The van der Waals surface area contributed by atoms with Gasteiger partial charge in [0, 0.05) is 30.7 Å². The van der Waals surface area contributed by atoms with Crippen molar-refractivity contribution in [1.29, 1.82) is 0 Å². The standard InChI is InChI=1S/C14H19FN2O2.ClH/c1-9-7-17(8-10(2)16-9)14(18)11-4-5-12(15)13(6-11)19-3;/h4-6,9-10,16H,7-8H2,1-3H3;1H. The van der Waals surface area contributed by atoms with Gasteiger partial charge in [0.15, 0.2) is 11.6 Å². The lowest BCUT2D eigenvalue weighted by Crippen LogP contribution is -2.55. The third kappa shape index (κ3) is 3.61. The van der Waals surface area contributed by atoms with E-state index in [1.54, 1.807) is 4.90 Å². The second-order valence-electron chi connectivity index (χ2n) is 5.03. The highest BCUT2D eigenvalue weighted by molar-refractivity contribution is 5.94. The fraction of sp³-hybridized carbons (Fsp3) is 0.500. The quantitative estimate of drug-likeness (QED) is 0.909. The molecule has 0 bridgehead atoms. The molecule has 2 atom stereocenters. The van der Waals surface area contributed by atoms with Crippen molar-refractivity contribution >= 4 is 18.3 Å². The predicted octanol–water partition coefficient (Wildman–Crippen LogP) is 2.08. The lowest BCUT2D eigenvalue weighted by Gasteiger charge is -2.36. The summed E-state index contributed by atoms with van der Waals surface area (Å²) in [6, 6.07) is 4.73.